The summed E-state index contributed by atoms with van der Waals surface area (Å²) in [5.74, 6) is 0.548. The molecular weight excluding hydrogens is 394 g/mol. The molecule has 0 bridgehead atoms. The van der Waals surface area contributed by atoms with Gasteiger partial charge in [-0.25, -0.2) is 4.79 Å². The summed E-state index contributed by atoms with van der Waals surface area (Å²) in [5, 5.41) is 13.2. The zero-order chi connectivity index (χ0) is 21.8. The average molecular weight is 415 g/mol. The van der Waals surface area contributed by atoms with Gasteiger partial charge in [-0.05, 0) is 41.5 Å². The summed E-state index contributed by atoms with van der Waals surface area (Å²) in [6.07, 6.45) is 3.88. The van der Waals surface area contributed by atoms with Crippen LogP contribution in [0.25, 0.3) is 16.5 Å². The highest BCUT2D eigenvalue weighted by Gasteiger charge is 2.24. The fourth-order valence-corrected chi connectivity index (χ4v) is 3.76. The van der Waals surface area contributed by atoms with Crippen molar-refractivity contribution in [2.45, 2.75) is 19.3 Å². The van der Waals surface area contributed by atoms with Crippen LogP contribution in [0.3, 0.4) is 0 Å². The maximum Gasteiger partial charge on any atom is 0.334 e. The molecule has 0 aromatic heterocycles. The molecule has 0 fully saturated rings. The molecule has 1 aliphatic heterocycles. The molecule has 1 aliphatic rings. The number of nitro groups is 1. The molecule has 0 amide bonds. The maximum absolute atomic E-state index is 12.1. The summed E-state index contributed by atoms with van der Waals surface area (Å²) >= 11 is 0. The van der Waals surface area contributed by atoms with Crippen LogP contribution in [0.15, 0.2) is 84.6 Å². The molecule has 0 N–H and O–H groups in total. The van der Waals surface area contributed by atoms with Crippen LogP contribution in [0.5, 0.6) is 0 Å². The van der Waals surface area contributed by atoms with Gasteiger partial charge in [0, 0.05) is 30.0 Å². The van der Waals surface area contributed by atoms with Gasteiger partial charge in [-0.15, -0.1) is 0 Å². The Morgan fingerprint density at radius 2 is 1.87 bits per heavy atom. The SMILES string of the molecule is CCOC(=O)/C=C1/C[C@@H](c2cccc3ccccc23)C=C(c2ccc([N+](=O)[O-])cc2)O1. The lowest BCUT2D eigenvalue weighted by molar-refractivity contribution is -0.384. The van der Waals surface area contributed by atoms with Crippen molar-refractivity contribution in [3.05, 3.63) is 106 Å². The summed E-state index contributed by atoms with van der Waals surface area (Å²) in [7, 11) is 0. The van der Waals surface area contributed by atoms with Gasteiger partial charge in [0.1, 0.15) is 11.5 Å². The Hall–Kier alpha value is -3.93. The Labute approximate surface area is 179 Å². The van der Waals surface area contributed by atoms with Gasteiger partial charge in [-0.1, -0.05) is 42.5 Å². The van der Waals surface area contributed by atoms with Crippen LogP contribution in [0.2, 0.25) is 0 Å². The summed E-state index contributed by atoms with van der Waals surface area (Å²) < 4.78 is 11.1. The highest BCUT2D eigenvalue weighted by molar-refractivity contribution is 5.87. The quantitative estimate of drug-likeness (QED) is 0.230. The van der Waals surface area contributed by atoms with Crippen molar-refractivity contribution in [3.8, 4) is 0 Å². The van der Waals surface area contributed by atoms with E-state index < -0.39 is 10.9 Å². The monoisotopic (exact) mass is 415 g/mol. The number of benzene rings is 3. The molecule has 0 spiro atoms. The standard InChI is InChI=1S/C25H21NO5/c1-2-30-25(27)16-21-14-19(23-9-5-7-17-6-3-4-8-22(17)23)15-24(31-21)18-10-12-20(13-11-18)26(28)29/h3-13,15-16,19H,2,14H2,1H3/b21-16-/t19-/m1/s1. The molecule has 0 unspecified atom stereocenters. The van der Waals surface area contributed by atoms with E-state index in [2.05, 4.69) is 24.3 Å². The zero-order valence-corrected chi connectivity index (χ0v) is 17.0. The fourth-order valence-electron chi connectivity index (χ4n) is 3.76. The Balaban J connectivity index is 1.78. The van der Waals surface area contributed by atoms with Gasteiger partial charge < -0.3 is 9.47 Å². The van der Waals surface area contributed by atoms with Gasteiger partial charge in [0.25, 0.3) is 5.69 Å². The number of rotatable bonds is 5. The van der Waals surface area contributed by atoms with Crippen LogP contribution in [0.4, 0.5) is 5.69 Å². The minimum Gasteiger partial charge on any atom is -0.463 e. The van der Waals surface area contributed by atoms with E-state index in [0.717, 1.165) is 16.3 Å². The summed E-state index contributed by atoms with van der Waals surface area (Å²) in [5.41, 5.74) is 1.83. The molecule has 0 saturated carbocycles. The van der Waals surface area contributed by atoms with E-state index in [1.807, 2.05) is 24.3 Å². The highest BCUT2D eigenvalue weighted by Crippen LogP contribution is 2.39. The molecule has 0 saturated heterocycles. The van der Waals surface area contributed by atoms with Gasteiger partial charge in [-0.3, -0.25) is 10.1 Å². The predicted molar refractivity (Wildman–Crippen MR) is 118 cm³/mol. The molecule has 156 valence electrons. The lowest BCUT2D eigenvalue weighted by Crippen LogP contribution is -2.11. The summed E-state index contributed by atoms with van der Waals surface area (Å²) in [6, 6.07) is 20.5. The van der Waals surface area contributed by atoms with Crippen LogP contribution in [0.1, 0.15) is 30.4 Å². The van der Waals surface area contributed by atoms with E-state index in [-0.39, 0.29) is 18.2 Å². The summed E-state index contributed by atoms with van der Waals surface area (Å²) in [4.78, 5) is 22.6. The Morgan fingerprint density at radius 1 is 1.13 bits per heavy atom. The van der Waals surface area contributed by atoms with E-state index in [0.29, 0.717) is 23.5 Å². The van der Waals surface area contributed by atoms with Gasteiger partial charge in [-0.2, -0.15) is 0 Å². The molecule has 6 nitrogen and oxygen atoms in total. The number of hydrogen-bond donors (Lipinski definition) is 0. The Bertz CT molecular complexity index is 1190. The van der Waals surface area contributed by atoms with E-state index in [9.17, 15) is 14.9 Å². The smallest absolute Gasteiger partial charge is 0.334 e. The van der Waals surface area contributed by atoms with Crippen molar-refractivity contribution >= 4 is 28.2 Å². The molecule has 31 heavy (non-hydrogen) atoms. The number of esters is 1. The molecule has 6 heteroatoms. The van der Waals surface area contributed by atoms with Gasteiger partial charge in [0.2, 0.25) is 0 Å². The van der Waals surface area contributed by atoms with Crippen LogP contribution in [0, 0.1) is 10.1 Å². The molecule has 1 heterocycles. The first-order valence-electron chi connectivity index (χ1n) is 10.0. The van der Waals surface area contributed by atoms with Crippen LogP contribution >= 0.6 is 0 Å². The Kier molecular flexibility index (Phi) is 5.80. The third-order valence-electron chi connectivity index (χ3n) is 5.17. The minimum atomic E-state index is -0.459. The minimum absolute atomic E-state index is 0.00746. The molecular formula is C25H21NO5. The fraction of sp³-hybridized carbons (Fsp3) is 0.160. The number of hydrogen-bond acceptors (Lipinski definition) is 5. The molecule has 4 rings (SSSR count). The molecule has 0 aliphatic carbocycles. The van der Waals surface area contributed by atoms with Crippen LogP contribution in [-0.2, 0) is 14.3 Å². The topological polar surface area (TPSA) is 78.7 Å². The number of carbonyl (C=O) groups excluding carboxylic acids is 1. The maximum atomic E-state index is 12.1. The third kappa shape index (κ3) is 4.48. The second-order valence-corrected chi connectivity index (χ2v) is 7.18. The number of allylic oxidation sites excluding steroid dienone is 2. The number of non-ortho nitro benzene ring substituents is 1. The second kappa shape index (κ2) is 8.83. The Morgan fingerprint density at radius 3 is 2.61 bits per heavy atom. The first-order chi connectivity index (χ1) is 15.0. The van der Waals surface area contributed by atoms with Crippen LogP contribution < -0.4 is 0 Å². The first kappa shape index (κ1) is 20.3. The van der Waals surface area contributed by atoms with E-state index in [4.69, 9.17) is 9.47 Å². The van der Waals surface area contributed by atoms with Crippen molar-refractivity contribution in [1.82, 2.24) is 0 Å². The largest absolute Gasteiger partial charge is 0.463 e. The first-order valence-corrected chi connectivity index (χ1v) is 10.0. The van der Waals surface area contributed by atoms with Gasteiger partial charge in [0.15, 0.2) is 0 Å². The highest BCUT2D eigenvalue weighted by atomic mass is 16.6. The van der Waals surface area contributed by atoms with E-state index in [1.54, 1.807) is 19.1 Å². The van der Waals surface area contributed by atoms with Crippen molar-refractivity contribution in [2.75, 3.05) is 6.61 Å². The molecule has 3 aromatic carbocycles. The normalized spacial score (nSPS) is 17.1. The van der Waals surface area contributed by atoms with Gasteiger partial charge >= 0.3 is 5.97 Å². The van der Waals surface area contributed by atoms with Crippen LogP contribution in [-0.4, -0.2) is 17.5 Å². The van der Waals surface area contributed by atoms with Crippen molar-refractivity contribution in [3.63, 3.8) is 0 Å². The lowest BCUT2D eigenvalue weighted by atomic mass is 9.88. The second-order valence-electron chi connectivity index (χ2n) is 7.18. The van der Waals surface area contributed by atoms with E-state index >= 15 is 0 Å². The molecule has 0 radical (unpaired) electrons. The van der Waals surface area contributed by atoms with Crippen molar-refractivity contribution in [1.29, 1.82) is 0 Å². The average Bonchev–Trinajstić information content (AvgIpc) is 2.78. The number of nitrogens with zero attached hydrogens (tertiary/aromatic N) is 1. The number of ether oxygens (including phenoxy) is 2. The van der Waals surface area contributed by atoms with Crippen molar-refractivity contribution < 1.29 is 19.2 Å². The molecule has 1 atom stereocenters. The third-order valence-corrected chi connectivity index (χ3v) is 5.17. The number of fused-ring (bicyclic) bond motifs is 1. The number of carbonyl (C=O) groups is 1. The zero-order valence-electron chi connectivity index (χ0n) is 17.0. The number of nitro benzene ring substituents is 1. The lowest BCUT2D eigenvalue weighted by Gasteiger charge is -2.25. The molecule has 3 aromatic rings. The van der Waals surface area contributed by atoms with Crippen molar-refractivity contribution in [2.24, 2.45) is 0 Å². The predicted octanol–water partition coefficient (Wildman–Crippen LogP) is 5.74. The van der Waals surface area contributed by atoms with E-state index in [1.165, 1.54) is 18.2 Å². The summed E-state index contributed by atoms with van der Waals surface area (Å²) in [6.45, 7) is 2.03. The van der Waals surface area contributed by atoms with Gasteiger partial charge in [0.05, 0.1) is 17.6 Å².